The summed E-state index contributed by atoms with van der Waals surface area (Å²) in [4.78, 5) is 24.2. The maximum atomic E-state index is 12.2. The number of ether oxygens (including phenoxy) is 2. The second-order valence-electron chi connectivity index (χ2n) is 6.60. The van der Waals surface area contributed by atoms with Gasteiger partial charge in [-0.05, 0) is 61.4 Å². The van der Waals surface area contributed by atoms with E-state index >= 15 is 0 Å². The van der Waals surface area contributed by atoms with Crippen LogP contribution in [0.3, 0.4) is 0 Å². The standard InChI is InChI=1S/C21H18F3N3O4/c1-13-3-6-16(11-14(13)2)27-20(29)10-9-19(26-27)30-12-18(28)25-15-4-7-17(8-5-15)31-21(22,23)24/h3-11H,12H2,1-2H3,(H,25,28). The summed E-state index contributed by atoms with van der Waals surface area (Å²) < 4.78 is 46.8. The molecule has 0 spiro atoms. The van der Waals surface area contributed by atoms with Gasteiger partial charge in [0.25, 0.3) is 11.5 Å². The van der Waals surface area contributed by atoms with E-state index in [2.05, 4.69) is 15.2 Å². The molecule has 3 rings (SSSR count). The van der Waals surface area contributed by atoms with E-state index in [1.165, 1.54) is 28.9 Å². The highest BCUT2D eigenvalue weighted by Crippen LogP contribution is 2.24. The average Bonchev–Trinajstić information content (AvgIpc) is 2.70. The Morgan fingerprint density at radius 3 is 2.39 bits per heavy atom. The minimum atomic E-state index is -4.79. The maximum absolute atomic E-state index is 12.2. The third-order valence-electron chi connectivity index (χ3n) is 4.23. The van der Waals surface area contributed by atoms with Crippen LogP contribution < -0.4 is 20.3 Å². The Morgan fingerprint density at radius 2 is 1.74 bits per heavy atom. The van der Waals surface area contributed by atoms with Crippen LogP contribution in [0.4, 0.5) is 18.9 Å². The molecule has 7 nitrogen and oxygen atoms in total. The van der Waals surface area contributed by atoms with Crippen molar-refractivity contribution in [3.05, 3.63) is 76.1 Å². The van der Waals surface area contributed by atoms with Crippen molar-refractivity contribution >= 4 is 11.6 Å². The Hall–Kier alpha value is -3.82. The average molecular weight is 433 g/mol. The quantitative estimate of drug-likeness (QED) is 0.640. The minimum absolute atomic E-state index is 0.0573. The van der Waals surface area contributed by atoms with Gasteiger partial charge in [0.1, 0.15) is 5.75 Å². The molecule has 0 aliphatic rings. The molecule has 0 atom stereocenters. The first-order chi connectivity index (χ1) is 14.6. The molecule has 0 saturated carbocycles. The number of aromatic nitrogens is 2. The zero-order valence-electron chi connectivity index (χ0n) is 16.6. The molecular weight excluding hydrogens is 415 g/mol. The molecule has 1 N–H and O–H groups in total. The van der Waals surface area contributed by atoms with Crippen LogP contribution in [-0.4, -0.2) is 28.7 Å². The molecular formula is C21H18F3N3O4. The summed E-state index contributed by atoms with van der Waals surface area (Å²) in [6.45, 7) is 3.44. The van der Waals surface area contributed by atoms with E-state index in [1.54, 1.807) is 6.07 Å². The van der Waals surface area contributed by atoms with Crippen LogP contribution in [0.25, 0.3) is 5.69 Å². The van der Waals surface area contributed by atoms with Crippen molar-refractivity contribution in [3.8, 4) is 17.3 Å². The van der Waals surface area contributed by atoms with Gasteiger partial charge in [-0.25, -0.2) is 0 Å². The summed E-state index contributed by atoms with van der Waals surface area (Å²) in [7, 11) is 0. The van der Waals surface area contributed by atoms with Gasteiger partial charge in [-0.3, -0.25) is 9.59 Å². The summed E-state index contributed by atoms with van der Waals surface area (Å²) in [5, 5.41) is 6.59. The molecule has 0 saturated heterocycles. The first-order valence-corrected chi connectivity index (χ1v) is 9.07. The molecule has 0 aliphatic carbocycles. The van der Waals surface area contributed by atoms with E-state index in [-0.39, 0.29) is 17.1 Å². The van der Waals surface area contributed by atoms with Crippen molar-refractivity contribution in [2.45, 2.75) is 20.2 Å². The van der Waals surface area contributed by atoms with Crippen LogP contribution in [-0.2, 0) is 4.79 Å². The third-order valence-corrected chi connectivity index (χ3v) is 4.23. The molecule has 1 amide bonds. The first-order valence-electron chi connectivity index (χ1n) is 9.07. The van der Waals surface area contributed by atoms with E-state index in [9.17, 15) is 22.8 Å². The monoisotopic (exact) mass is 433 g/mol. The molecule has 0 aliphatic heterocycles. The van der Waals surface area contributed by atoms with E-state index in [0.717, 1.165) is 23.3 Å². The lowest BCUT2D eigenvalue weighted by atomic mass is 10.1. The van der Waals surface area contributed by atoms with E-state index < -0.39 is 24.6 Å². The van der Waals surface area contributed by atoms with Gasteiger partial charge >= 0.3 is 6.36 Å². The molecule has 31 heavy (non-hydrogen) atoms. The highest BCUT2D eigenvalue weighted by molar-refractivity contribution is 5.91. The van der Waals surface area contributed by atoms with Crippen molar-refractivity contribution < 1.29 is 27.4 Å². The number of alkyl halides is 3. The van der Waals surface area contributed by atoms with Crippen LogP contribution in [0.15, 0.2) is 59.4 Å². The van der Waals surface area contributed by atoms with Crippen molar-refractivity contribution in [1.29, 1.82) is 0 Å². The number of aryl methyl sites for hydroxylation is 2. The number of halogens is 3. The summed E-state index contributed by atoms with van der Waals surface area (Å²) in [6, 6.07) is 12.7. The largest absolute Gasteiger partial charge is 0.573 e. The van der Waals surface area contributed by atoms with Gasteiger partial charge in [-0.15, -0.1) is 18.3 Å². The normalized spacial score (nSPS) is 11.1. The van der Waals surface area contributed by atoms with E-state index in [1.807, 2.05) is 26.0 Å². The van der Waals surface area contributed by atoms with Crippen LogP contribution in [0.2, 0.25) is 0 Å². The molecule has 0 bridgehead atoms. The van der Waals surface area contributed by atoms with Crippen molar-refractivity contribution in [1.82, 2.24) is 9.78 Å². The predicted molar refractivity (Wildman–Crippen MR) is 107 cm³/mol. The maximum Gasteiger partial charge on any atom is 0.573 e. The lowest BCUT2D eigenvalue weighted by Gasteiger charge is -2.11. The topological polar surface area (TPSA) is 82.5 Å². The number of benzene rings is 2. The Morgan fingerprint density at radius 1 is 1.03 bits per heavy atom. The fourth-order valence-corrected chi connectivity index (χ4v) is 2.59. The summed E-state index contributed by atoms with van der Waals surface area (Å²) >= 11 is 0. The van der Waals surface area contributed by atoms with Gasteiger partial charge in [0, 0.05) is 17.8 Å². The highest BCUT2D eigenvalue weighted by Gasteiger charge is 2.30. The summed E-state index contributed by atoms with van der Waals surface area (Å²) in [6.07, 6.45) is -4.79. The van der Waals surface area contributed by atoms with E-state index in [0.29, 0.717) is 5.69 Å². The van der Waals surface area contributed by atoms with Crippen LogP contribution in [0.5, 0.6) is 11.6 Å². The number of rotatable bonds is 6. The van der Waals surface area contributed by atoms with Gasteiger partial charge in [0.05, 0.1) is 5.69 Å². The molecule has 0 fully saturated rings. The second-order valence-corrected chi connectivity index (χ2v) is 6.60. The Bertz CT molecular complexity index is 1140. The SMILES string of the molecule is Cc1ccc(-n2nc(OCC(=O)Nc3ccc(OC(F)(F)F)cc3)ccc2=O)cc1C. The Kier molecular flexibility index (Phi) is 6.28. The van der Waals surface area contributed by atoms with Gasteiger partial charge in [-0.2, -0.15) is 4.68 Å². The molecule has 162 valence electrons. The number of hydrogen-bond acceptors (Lipinski definition) is 5. The van der Waals surface area contributed by atoms with Crippen molar-refractivity contribution in [2.75, 3.05) is 11.9 Å². The zero-order chi connectivity index (χ0) is 22.6. The smallest absolute Gasteiger partial charge is 0.467 e. The predicted octanol–water partition coefficient (Wildman–Crippen LogP) is 3.77. The molecule has 1 heterocycles. The molecule has 10 heteroatoms. The van der Waals surface area contributed by atoms with Crippen molar-refractivity contribution in [2.24, 2.45) is 0 Å². The number of carbonyl (C=O) groups is 1. The number of hydrogen-bond donors (Lipinski definition) is 1. The van der Waals surface area contributed by atoms with Gasteiger partial charge < -0.3 is 14.8 Å². The fraction of sp³-hybridized carbons (Fsp3) is 0.190. The first kappa shape index (κ1) is 21.9. The number of carbonyl (C=O) groups excluding carboxylic acids is 1. The highest BCUT2D eigenvalue weighted by atomic mass is 19.4. The van der Waals surface area contributed by atoms with Gasteiger partial charge in [0.2, 0.25) is 5.88 Å². The summed E-state index contributed by atoms with van der Waals surface area (Å²) in [5.41, 5.74) is 2.52. The fourth-order valence-electron chi connectivity index (χ4n) is 2.59. The van der Waals surface area contributed by atoms with Crippen LogP contribution in [0.1, 0.15) is 11.1 Å². The Balaban J connectivity index is 1.62. The minimum Gasteiger partial charge on any atom is -0.467 e. The number of nitrogens with one attached hydrogen (secondary N) is 1. The van der Waals surface area contributed by atoms with Gasteiger partial charge in [0.15, 0.2) is 6.61 Å². The molecule has 1 aromatic heterocycles. The summed E-state index contributed by atoms with van der Waals surface area (Å²) in [5.74, 6) is -0.906. The second kappa shape index (κ2) is 8.90. The van der Waals surface area contributed by atoms with E-state index in [4.69, 9.17) is 4.74 Å². The van der Waals surface area contributed by atoms with Crippen molar-refractivity contribution in [3.63, 3.8) is 0 Å². The number of anilines is 1. The zero-order valence-corrected chi connectivity index (χ0v) is 16.6. The van der Waals surface area contributed by atoms with Gasteiger partial charge in [-0.1, -0.05) is 6.07 Å². The number of nitrogens with zero attached hydrogens (tertiary/aromatic N) is 2. The third kappa shape index (κ3) is 6.08. The molecule has 2 aromatic carbocycles. The lowest BCUT2D eigenvalue weighted by molar-refractivity contribution is -0.274. The number of amides is 1. The molecule has 0 unspecified atom stereocenters. The van der Waals surface area contributed by atoms with Crippen LogP contribution in [0, 0.1) is 13.8 Å². The molecule has 0 radical (unpaired) electrons. The lowest BCUT2D eigenvalue weighted by Crippen LogP contribution is -2.24. The van der Waals surface area contributed by atoms with Crippen LogP contribution >= 0.6 is 0 Å². The Labute approximate surface area is 175 Å². The molecule has 3 aromatic rings.